The van der Waals surface area contributed by atoms with E-state index in [0.29, 0.717) is 21.0 Å². The minimum atomic E-state index is -0.873. The topological polar surface area (TPSA) is 178 Å². The van der Waals surface area contributed by atoms with Gasteiger partial charge in [0, 0.05) is 45.2 Å². The highest BCUT2D eigenvalue weighted by molar-refractivity contribution is 7.22. The van der Waals surface area contributed by atoms with Gasteiger partial charge in [-0.1, -0.05) is 77.0 Å². The van der Waals surface area contributed by atoms with Gasteiger partial charge in [0.25, 0.3) is 0 Å². The van der Waals surface area contributed by atoms with E-state index in [4.69, 9.17) is 28.9 Å². The zero-order chi connectivity index (χ0) is 33.8. The lowest BCUT2D eigenvalue weighted by molar-refractivity contribution is -0.136. The van der Waals surface area contributed by atoms with Gasteiger partial charge in [-0.15, -0.1) is 10.2 Å². The number of para-hydroxylation sites is 1. The van der Waals surface area contributed by atoms with Crippen LogP contribution in [0.5, 0.6) is 0 Å². The Balaban J connectivity index is 1.23. The number of carbonyl (C=O) groups excluding carboxylic acids is 3. The normalized spacial score (nSPS) is 15.9. The van der Waals surface area contributed by atoms with Crippen molar-refractivity contribution < 1.29 is 14.4 Å². The number of nitrogen functional groups attached to an aromatic ring is 1. The van der Waals surface area contributed by atoms with Gasteiger partial charge >= 0.3 is 6.03 Å². The number of anilines is 1. The van der Waals surface area contributed by atoms with Gasteiger partial charge in [0.15, 0.2) is 5.13 Å². The van der Waals surface area contributed by atoms with E-state index in [1.165, 1.54) is 16.3 Å². The summed E-state index contributed by atoms with van der Waals surface area (Å²) in [6, 6.07) is 16.9. The molecule has 3 heterocycles. The molecule has 0 saturated carbocycles. The standard InChI is InChI=1S/C31H31Cl2N11O3S/c1-42(31(47)35-15-19-7-10-22(32)23(33)13-19)44-12-11-43(16-21-3-2-4-25-27(21)37-30(34)48-25)29(46)24(36-26(45)17-44)14-18-5-8-20(9-6-18)28-38-40-41-39-28/h2-10,13,24H,11-12,14-17H2,1H3,(H2,34,37)(H,35,47)(H,36,45)(H,38,39,40,41)/t24-/m0/s1. The molecule has 1 aliphatic heterocycles. The SMILES string of the molecule is CN(C(=O)NCc1ccc(Cl)c(Cl)c1)N1CCN(Cc2cccc3sc(N)nc23)C(=O)[C@H](Cc2ccc(-c3nn[nH]n3)cc2)NC(=O)C1. The van der Waals surface area contributed by atoms with Crippen molar-refractivity contribution in [2.45, 2.75) is 25.6 Å². The van der Waals surface area contributed by atoms with Crippen molar-refractivity contribution in [3.63, 3.8) is 0 Å². The number of aromatic amines is 1. The van der Waals surface area contributed by atoms with Gasteiger partial charge in [-0.2, -0.15) is 5.21 Å². The van der Waals surface area contributed by atoms with Gasteiger partial charge in [-0.3, -0.25) is 14.6 Å². The van der Waals surface area contributed by atoms with Crippen molar-refractivity contribution in [2.75, 3.05) is 32.4 Å². The van der Waals surface area contributed by atoms with E-state index < -0.39 is 18.0 Å². The predicted octanol–water partition coefficient (Wildman–Crippen LogP) is 3.49. The molecule has 0 radical (unpaired) electrons. The maximum Gasteiger partial charge on any atom is 0.331 e. The zero-order valence-corrected chi connectivity index (χ0v) is 28.0. The molecule has 248 valence electrons. The summed E-state index contributed by atoms with van der Waals surface area (Å²) in [5.41, 5.74) is 9.89. The first-order valence-electron chi connectivity index (χ1n) is 14.9. The van der Waals surface area contributed by atoms with Crippen LogP contribution in [0.15, 0.2) is 60.7 Å². The number of carbonyl (C=O) groups is 3. The first kappa shape index (κ1) is 33.1. The lowest BCUT2D eigenvalue weighted by Gasteiger charge is -2.32. The number of halogens is 2. The molecule has 1 fully saturated rings. The van der Waals surface area contributed by atoms with Crippen LogP contribution in [0.3, 0.4) is 0 Å². The van der Waals surface area contributed by atoms with Crippen LogP contribution in [0.2, 0.25) is 10.0 Å². The van der Waals surface area contributed by atoms with Crippen molar-refractivity contribution in [2.24, 2.45) is 0 Å². The van der Waals surface area contributed by atoms with Crippen molar-refractivity contribution in [1.82, 2.24) is 51.2 Å². The Morgan fingerprint density at radius 3 is 2.62 bits per heavy atom. The summed E-state index contributed by atoms with van der Waals surface area (Å²) in [5, 5.41) is 24.0. The number of benzene rings is 3. The molecule has 5 aromatic rings. The molecular formula is C31H31Cl2N11O3S. The van der Waals surface area contributed by atoms with Crippen molar-refractivity contribution >= 4 is 67.7 Å². The number of thiazole rings is 1. The highest BCUT2D eigenvalue weighted by Gasteiger charge is 2.32. The summed E-state index contributed by atoms with van der Waals surface area (Å²) in [5.74, 6) is -0.224. The number of urea groups is 1. The number of H-pyrrole nitrogens is 1. The fourth-order valence-electron chi connectivity index (χ4n) is 5.40. The Labute approximate surface area is 289 Å². The number of nitrogens with one attached hydrogen (secondary N) is 3. The number of rotatable bonds is 8. The molecule has 3 aromatic carbocycles. The number of nitrogens with two attached hydrogens (primary N) is 1. The number of aromatic nitrogens is 5. The van der Waals surface area contributed by atoms with Gasteiger partial charge in [0.2, 0.25) is 17.6 Å². The lowest BCUT2D eigenvalue weighted by atomic mass is 10.0. The number of tetrazole rings is 1. The van der Waals surface area contributed by atoms with E-state index in [2.05, 4.69) is 36.2 Å². The second-order valence-electron chi connectivity index (χ2n) is 11.2. The number of nitrogens with zero attached hydrogens (tertiary/aromatic N) is 7. The van der Waals surface area contributed by atoms with Crippen LogP contribution in [-0.4, -0.2) is 91.1 Å². The number of fused-ring (bicyclic) bond motifs is 1. The molecule has 17 heteroatoms. The Hall–Kier alpha value is -4.83. The van der Waals surface area contributed by atoms with Crippen LogP contribution in [0.1, 0.15) is 16.7 Å². The Morgan fingerprint density at radius 2 is 1.88 bits per heavy atom. The van der Waals surface area contributed by atoms with E-state index in [1.54, 1.807) is 35.2 Å². The molecule has 6 rings (SSSR count). The van der Waals surface area contributed by atoms with Gasteiger partial charge in [-0.05, 0) is 40.1 Å². The summed E-state index contributed by atoms with van der Waals surface area (Å²) in [6.45, 7) is 0.699. The molecule has 2 aromatic heterocycles. The summed E-state index contributed by atoms with van der Waals surface area (Å²) >= 11 is 13.5. The summed E-state index contributed by atoms with van der Waals surface area (Å²) in [6.07, 6.45) is 0.238. The fraction of sp³-hybridized carbons (Fsp3) is 0.258. The summed E-state index contributed by atoms with van der Waals surface area (Å²) < 4.78 is 0.910. The molecule has 1 aliphatic rings. The van der Waals surface area contributed by atoms with Crippen molar-refractivity contribution in [3.05, 3.63) is 87.4 Å². The number of amides is 4. The average molecular weight is 709 g/mol. The third-order valence-electron chi connectivity index (χ3n) is 7.92. The maximum absolute atomic E-state index is 14.2. The van der Waals surface area contributed by atoms with Crippen LogP contribution in [-0.2, 0) is 29.1 Å². The van der Waals surface area contributed by atoms with E-state index >= 15 is 0 Å². The molecule has 1 saturated heterocycles. The molecule has 1 atom stereocenters. The molecule has 0 unspecified atom stereocenters. The van der Waals surface area contributed by atoms with Crippen LogP contribution in [0.25, 0.3) is 21.6 Å². The van der Waals surface area contributed by atoms with E-state index in [9.17, 15) is 14.4 Å². The van der Waals surface area contributed by atoms with E-state index in [0.717, 1.165) is 32.5 Å². The maximum atomic E-state index is 14.2. The van der Waals surface area contributed by atoms with Crippen molar-refractivity contribution in [1.29, 1.82) is 0 Å². The van der Waals surface area contributed by atoms with Crippen LogP contribution >= 0.6 is 34.5 Å². The quantitative estimate of drug-likeness (QED) is 0.188. The third-order valence-corrected chi connectivity index (χ3v) is 9.51. The van der Waals surface area contributed by atoms with Crippen LogP contribution in [0.4, 0.5) is 9.93 Å². The Morgan fingerprint density at radius 1 is 1.08 bits per heavy atom. The van der Waals surface area contributed by atoms with Gasteiger partial charge < -0.3 is 21.3 Å². The molecule has 0 bridgehead atoms. The predicted molar refractivity (Wildman–Crippen MR) is 183 cm³/mol. The molecule has 0 aliphatic carbocycles. The van der Waals surface area contributed by atoms with E-state index in [1.807, 2.05) is 42.5 Å². The highest BCUT2D eigenvalue weighted by atomic mass is 35.5. The molecule has 14 nitrogen and oxygen atoms in total. The zero-order valence-electron chi connectivity index (χ0n) is 25.7. The van der Waals surface area contributed by atoms with Crippen molar-refractivity contribution in [3.8, 4) is 11.4 Å². The summed E-state index contributed by atoms with van der Waals surface area (Å²) in [7, 11) is 1.57. The Bertz CT molecular complexity index is 1940. The van der Waals surface area contributed by atoms with E-state index in [-0.39, 0.29) is 45.1 Å². The minimum Gasteiger partial charge on any atom is -0.375 e. The monoisotopic (exact) mass is 707 g/mol. The average Bonchev–Trinajstić information content (AvgIpc) is 3.76. The van der Waals surface area contributed by atoms with Crippen LogP contribution in [0, 0.1) is 0 Å². The van der Waals surface area contributed by atoms with Gasteiger partial charge in [0.05, 0.1) is 26.8 Å². The smallest absolute Gasteiger partial charge is 0.331 e. The second kappa shape index (κ2) is 14.5. The molecule has 48 heavy (non-hydrogen) atoms. The molecular weight excluding hydrogens is 677 g/mol. The fourth-order valence-corrected chi connectivity index (χ4v) is 6.50. The molecule has 0 spiro atoms. The third kappa shape index (κ3) is 7.65. The minimum absolute atomic E-state index is 0.150. The number of hydrogen-bond acceptors (Lipinski definition) is 10. The highest BCUT2D eigenvalue weighted by Crippen LogP contribution is 2.28. The largest absolute Gasteiger partial charge is 0.375 e. The first-order valence-corrected chi connectivity index (χ1v) is 16.5. The van der Waals surface area contributed by atoms with Gasteiger partial charge in [-0.25, -0.2) is 14.8 Å². The van der Waals surface area contributed by atoms with Crippen LogP contribution < -0.4 is 16.4 Å². The molecule has 4 amide bonds. The number of hydrazine groups is 1. The second-order valence-corrected chi connectivity index (χ2v) is 13.0. The lowest BCUT2D eigenvalue weighted by Crippen LogP contribution is -2.53. The Kier molecular flexibility index (Phi) is 10.0. The number of hydrogen-bond donors (Lipinski definition) is 4. The summed E-state index contributed by atoms with van der Waals surface area (Å²) in [4.78, 5) is 47.1. The molecule has 5 N–H and O–H groups in total. The van der Waals surface area contributed by atoms with Gasteiger partial charge in [0.1, 0.15) is 6.04 Å². The first-order chi connectivity index (χ1) is 23.1.